The number of piperidine rings is 1. The van der Waals surface area contributed by atoms with E-state index >= 15 is 0 Å². The highest BCUT2D eigenvalue weighted by molar-refractivity contribution is 6.05. The Labute approximate surface area is 107 Å². The summed E-state index contributed by atoms with van der Waals surface area (Å²) in [5.41, 5.74) is 1.90. The minimum Gasteiger partial charge on any atom is -0.494 e. The second-order valence-electron chi connectivity index (χ2n) is 5.10. The molecule has 96 valence electrons. The summed E-state index contributed by atoms with van der Waals surface area (Å²) in [5, 5.41) is 3.00. The first-order valence-corrected chi connectivity index (χ1v) is 6.47. The minimum atomic E-state index is -0.0293. The lowest BCUT2D eigenvalue weighted by molar-refractivity contribution is -0.119. The molecule has 4 nitrogen and oxygen atoms in total. The molecule has 2 unspecified atom stereocenters. The third-order valence-electron chi connectivity index (χ3n) is 3.98. The van der Waals surface area contributed by atoms with Crippen molar-refractivity contribution in [1.29, 1.82) is 0 Å². The van der Waals surface area contributed by atoms with Crippen LogP contribution in [-0.2, 0) is 4.79 Å². The number of fused-ring (bicyclic) bond motifs is 3. The predicted octanol–water partition coefficient (Wildman–Crippen LogP) is 2.25. The predicted molar refractivity (Wildman–Crippen MR) is 71.2 cm³/mol. The van der Waals surface area contributed by atoms with Crippen molar-refractivity contribution in [2.45, 2.75) is 25.8 Å². The van der Waals surface area contributed by atoms with Crippen LogP contribution in [-0.4, -0.2) is 25.6 Å². The van der Waals surface area contributed by atoms with E-state index in [1.807, 2.05) is 12.1 Å². The Kier molecular flexibility index (Phi) is 2.65. The van der Waals surface area contributed by atoms with E-state index in [-0.39, 0.29) is 11.9 Å². The zero-order chi connectivity index (χ0) is 12.7. The lowest BCUT2D eigenvalue weighted by Gasteiger charge is -2.44. The number of amides is 1. The van der Waals surface area contributed by atoms with Crippen molar-refractivity contribution >= 4 is 17.3 Å². The fourth-order valence-corrected chi connectivity index (χ4v) is 3.11. The number of para-hydroxylation sites is 1. The van der Waals surface area contributed by atoms with E-state index in [0.29, 0.717) is 5.92 Å². The van der Waals surface area contributed by atoms with Crippen molar-refractivity contribution in [3.63, 3.8) is 0 Å². The molecule has 3 rings (SSSR count). The molecule has 1 saturated heterocycles. The lowest BCUT2D eigenvalue weighted by atomic mass is 9.88. The number of carbonyl (C=O) groups is 1. The maximum atomic E-state index is 12.3. The number of nitrogens with one attached hydrogen (secondary N) is 1. The number of nitrogens with zero attached hydrogens (tertiary/aromatic N) is 1. The molecule has 18 heavy (non-hydrogen) atoms. The summed E-state index contributed by atoms with van der Waals surface area (Å²) in [5.74, 6) is 1.23. The van der Waals surface area contributed by atoms with Gasteiger partial charge in [0.2, 0.25) is 5.91 Å². The average molecular weight is 246 g/mol. The summed E-state index contributed by atoms with van der Waals surface area (Å²) >= 11 is 0. The molecule has 1 fully saturated rings. The standard InChI is InChI=1S/C14H18N2O2/c1-9-5-4-8-16-10-6-3-7-11(18-2)12(10)15-14(17)13(9)16/h3,6-7,9,13H,4-5,8H2,1-2H3,(H,15,17). The van der Waals surface area contributed by atoms with E-state index in [0.717, 1.165) is 36.5 Å². The fourth-order valence-electron chi connectivity index (χ4n) is 3.11. The highest BCUT2D eigenvalue weighted by Crippen LogP contribution is 2.42. The monoisotopic (exact) mass is 246 g/mol. The van der Waals surface area contributed by atoms with E-state index in [4.69, 9.17) is 4.74 Å². The molecule has 0 aromatic heterocycles. The van der Waals surface area contributed by atoms with Crippen molar-refractivity contribution < 1.29 is 9.53 Å². The summed E-state index contributed by atoms with van der Waals surface area (Å²) in [7, 11) is 1.63. The van der Waals surface area contributed by atoms with E-state index in [1.54, 1.807) is 7.11 Å². The van der Waals surface area contributed by atoms with Gasteiger partial charge in [0.1, 0.15) is 17.5 Å². The number of carbonyl (C=O) groups excluding carboxylic acids is 1. The Balaban J connectivity index is 2.09. The van der Waals surface area contributed by atoms with Gasteiger partial charge >= 0.3 is 0 Å². The van der Waals surface area contributed by atoms with Gasteiger partial charge < -0.3 is 15.0 Å². The Morgan fingerprint density at radius 2 is 2.28 bits per heavy atom. The molecule has 0 bridgehead atoms. The number of rotatable bonds is 1. The van der Waals surface area contributed by atoms with Gasteiger partial charge in [-0.3, -0.25) is 4.79 Å². The smallest absolute Gasteiger partial charge is 0.247 e. The van der Waals surface area contributed by atoms with Crippen LogP contribution >= 0.6 is 0 Å². The molecule has 2 heterocycles. The molecule has 4 heteroatoms. The molecule has 1 amide bonds. The maximum Gasteiger partial charge on any atom is 0.247 e. The Hall–Kier alpha value is -1.71. The third-order valence-corrected chi connectivity index (χ3v) is 3.98. The molecule has 0 spiro atoms. The molecule has 1 aromatic rings. The van der Waals surface area contributed by atoms with Gasteiger partial charge in [0, 0.05) is 6.54 Å². The zero-order valence-electron chi connectivity index (χ0n) is 10.8. The van der Waals surface area contributed by atoms with Crippen LogP contribution in [0.4, 0.5) is 11.4 Å². The number of hydrogen-bond donors (Lipinski definition) is 1. The van der Waals surface area contributed by atoms with Crippen molar-refractivity contribution in [2.75, 3.05) is 23.9 Å². The number of ether oxygens (including phenoxy) is 1. The lowest BCUT2D eigenvalue weighted by Crippen LogP contribution is -2.54. The van der Waals surface area contributed by atoms with Gasteiger partial charge in [-0.05, 0) is 30.9 Å². The molecule has 1 N–H and O–H groups in total. The van der Waals surface area contributed by atoms with Gasteiger partial charge in [0.05, 0.1) is 12.8 Å². The zero-order valence-corrected chi connectivity index (χ0v) is 10.8. The molecule has 0 aliphatic carbocycles. The second kappa shape index (κ2) is 4.19. The fraction of sp³-hybridized carbons (Fsp3) is 0.500. The molecule has 1 aromatic carbocycles. The van der Waals surface area contributed by atoms with Gasteiger partial charge in [-0.1, -0.05) is 13.0 Å². The van der Waals surface area contributed by atoms with Crippen LogP contribution in [0.15, 0.2) is 18.2 Å². The molecular weight excluding hydrogens is 228 g/mol. The van der Waals surface area contributed by atoms with Gasteiger partial charge in [-0.25, -0.2) is 0 Å². The highest BCUT2D eigenvalue weighted by Gasteiger charge is 2.39. The molecule has 0 radical (unpaired) electrons. The Bertz CT molecular complexity index is 487. The van der Waals surface area contributed by atoms with Gasteiger partial charge in [-0.15, -0.1) is 0 Å². The number of benzene rings is 1. The summed E-state index contributed by atoms with van der Waals surface area (Å²) in [6.45, 7) is 3.10. The second-order valence-corrected chi connectivity index (χ2v) is 5.10. The Morgan fingerprint density at radius 1 is 1.44 bits per heavy atom. The van der Waals surface area contributed by atoms with E-state index in [1.165, 1.54) is 0 Å². The topological polar surface area (TPSA) is 41.6 Å². The number of hydrogen-bond acceptors (Lipinski definition) is 3. The normalized spacial score (nSPS) is 26.1. The van der Waals surface area contributed by atoms with E-state index in [9.17, 15) is 4.79 Å². The summed E-state index contributed by atoms with van der Waals surface area (Å²) in [6.07, 6.45) is 2.26. The minimum absolute atomic E-state index is 0.0293. The molecule has 0 saturated carbocycles. The van der Waals surface area contributed by atoms with Crippen molar-refractivity contribution in [2.24, 2.45) is 5.92 Å². The summed E-state index contributed by atoms with van der Waals surface area (Å²) in [6, 6.07) is 5.89. The van der Waals surface area contributed by atoms with Gasteiger partial charge in [0.15, 0.2) is 0 Å². The number of anilines is 2. The van der Waals surface area contributed by atoms with Crippen LogP contribution in [0.25, 0.3) is 0 Å². The highest BCUT2D eigenvalue weighted by atomic mass is 16.5. The van der Waals surface area contributed by atoms with Crippen LogP contribution in [0.3, 0.4) is 0 Å². The van der Waals surface area contributed by atoms with E-state index in [2.05, 4.69) is 23.2 Å². The van der Waals surface area contributed by atoms with Crippen molar-refractivity contribution in [3.05, 3.63) is 18.2 Å². The first kappa shape index (κ1) is 11.4. The molecule has 2 atom stereocenters. The average Bonchev–Trinajstić information content (AvgIpc) is 2.38. The SMILES string of the molecule is COc1cccc2c1NC(=O)C1C(C)CCCN21. The first-order valence-electron chi connectivity index (χ1n) is 6.47. The van der Waals surface area contributed by atoms with Crippen molar-refractivity contribution in [1.82, 2.24) is 0 Å². The van der Waals surface area contributed by atoms with E-state index < -0.39 is 0 Å². The molecule has 2 aliphatic rings. The quantitative estimate of drug-likeness (QED) is 0.826. The van der Waals surface area contributed by atoms with Crippen LogP contribution in [0.2, 0.25) is 0 Å². The van der Waals surface area contributed by atoms with Crippen LogP contribution in [0.1, 0.15) is 19.8 Å². The maximum absolute atomic E-state index is 12.3. The molecule has 2 aliphatic heterocycles. The summed E-state index contributed by atoms with van der Waals surface area (Å²) in [4.78, 5) is 14.5. The summed E-state index contributed by atoms with van der Waals surface area (Å²) < 4.78 is 5.33. The van der Waals surface area contributed by atoms with Gasteiger partial charge in [-0.2, -0.15) is 0 Å². The Morgan fingerprint density at radius 3 is 3.06 bits per heavy atom. The third kappa shape index (κ3) is 1.55. The van der Waals surface area contributed by atoms with Crippen molar-refractivity contribution in [3.8, 4) is 5.75 Å². The van der Waals surface area contributed by atoms with Gasteiger partial charge in [0.25, 0.3) is 0 Å². The molecular formula is C14H18N2O2. The van der Waals surface area contributed by atoms with Crippen LogP contribution in [0.5, 0.6) is 5.75 Å². The van der Waals surface area contributed by atoms with Crippen LogP contribution < -0.4 is 15.0 Å². The largest absolute Gasteiger partial charge is 0.494 e. The first-order chi connectivity index (χ1) is 8.72. The number of methoxy groups -OCH3 is 1. The van der Waals surface area contributed by atoms with Crippen LogP contribution in [0, 0.1) is 5.92 Å².